The Morgan fingerprint density at radius 1 is 1.13 bits per heavy atom. The van der Waals surface area contributed by atoms with Gasteiger partial charge in [0.05, 0.1) is 0 Å². The molecule has 1 aliphatic heterocycles. The van der Waals surface area contributed by atoms with Gasteiger partial charge in [0.2, 0.25) is 5.91 Å². The Balaban J connectivity index is 2.88. The number of hydrazone groups is 1. The van der Waals surface area contributed by atoms with Crippen molar-refractivity contribution in [1.29, 1.82) is 0 Å². The summed E-state index contributed by atoms with van der Waals surface area (Å²) in [6, 6.07) is 0. The molecule has 1 aliphatic rings. The molecular weight excluding hydrogens is 300 g/mol. The first-order valence-electron chi connectivity index (χ1n) is 7.62. The molecule has 0 N–H and O–H groups in total. The minimum atomic E-state index is -0.654. The molecule has 1 heterocycles. The summed E-state index contributed by atoms with van der Waals surface area (Å²) in [7, 11) is 0. The van der Waals surface area contributed by atoms with E-state index in [0.717, 1.165) is 5.01 Å². The highest BCUT2D eigenvalue weighted by atomic mass is 16.6. The van der Waals surface area contributed by atoms with Gasteiger partial charge in [0.1, 0.15) is 23.5 Å². The Morgan fingerprint density at radius 2 is 1.65 bits per heavy atom. The highest BCUT2D eigenvalue weighted by Crippen LogP contribution is 2.19. The molecule has 7 heteroatoms. The van der Waals surface area contributed by atoms with Gasteiger partial charge in [0.25, 0.3) is 0 Å². The predicted molar refractivity (Wildman–Crippen MR) is 84.6 cm³/mol. The van der Waals surface area contributed by atoms with Gasteiger partial charge in [-0.2, -0.15) is 5.10 Å². The zero-order valence-electron chi connectivity index (χ0n) is 14.9. The SMILES string of the molecule is CC1CC(C(=O)OC(C)(C)C)=NN(CC(=O)OC(C)(C)C)C1=O. The van der Waals surface area contributed by atoms with Gasteiger partial charge in [0, 0.05) is 12.3 Å². The van der Waals surface area contributed by atoms with Crippen LogP contribution in [0.2, 0.25) is 0 Å². The fourth-order valence-corrected chi connectivity index (χ4v) is 1.94. The van der Waals surface area contributed by atoms with Crippen molar-refractivity contribution < 1.29 is 23.9 Å². The molecule has 23 heavy (non-hydrogen) atoms. The molecule has 0 radical (unpaired) electrons. The summed E-state index contributed by atoms with van der Waals surface area (Å²) in [5.74, 6) is -1.92. The third kappa shape index (κ3) is 6.38. The molecular formula is C16H26N2O5. The number of ether oxygens (including phenoxy) is 2. The summed E-state index contributed by atoms with van der Waals surface area (Å²) >= 11 is 0. The smallest absolute Gasteiger partial charge is 0.355 e. The minimum absolute atomic E-state index is 0.135. The Morgan fingerprint density at radius 3 is 2.13 bits per heavy atom. The van der Waals surface area contributed by atoms with Crippen LogP contribution in [0.3, 0.4) is 0 Å². The first-order valence-corrected chi connectivity index (χ1v) is 7.62. The molecule has 7 nitrogen and oxygen atoms in total. The van der Waals surface area contributed by atoms with Crippen LogP contribution in [0.4, 0.5) is 0 Å². The molecule has 0 spiro atoms. The zero-order chi connectivity index (χ0) is 18.0. The average Bonchev–Trinajstić information content (AvgIpc) is 2.29. The minimum Gasteiger partial charge on any atom is -0.459 e. The van der Waals surface area contributed by atoms with Gasteiger partial charge in [-0.05, 0) is 41.5 Å². The molecule has 0 aliphatic carbocycles. The Bertz CT molecular complexity index is 526. The van der Waals surface area contributed by atoms with E-state index in [1.807, 2.05) is 0 Å². The number of hydrogen-bond donors (Lipinski definition) is 0. The van der Waals surface area contributed by atoms with E-state index in [9.17, 15) is 14.4 Å². The molecule has 1 unspecified atom stereocenters. The normalized spacial score (nSPS) is 19.3. The molecule has 1 rings (SSSR count). The van der Waals surface area contributed by atoms with Crippen molar-refractivity contribution in [1.82, 2.24) is 5.01 Å². The van der Waals surface area contributed by atoms with Crippen molar-refractivity contribution in [3.05, 3.63) is 0 Å². The molecule has 0 aromatic heterocycles. The first-order chi connectivity index (χ1) is 10.3. The van der Waals surface area contributed by atoms with Crippen LogP contribution < -0.4 is 0 Å². The topological polar surface area (TPSA) is 85.3 Å². The van der Waals surface area contributed by atoms with Crippen molar-refractivity contribution >= 4 is 23.6 Å². The van der Waals surface area contributed by atoms with E-state index in [0.29, 0.717) is 0 Å². The van der Waals surface area contributed by atoms with Crippen LogP contribution >= 0.6 is 0 Å². The number of esters is 2. The second-order valence-corrected chi connectivity index (χ2v) is 7.64. The van der Waals surface area contributed by atoms with E-state index in [4.69, 9.17) is 9.47 Å². The average molecular weight is 326 g/mol. The third-order valence-electron chi connectivity index (χ3n) is 2.75. The maximum absolute atomic E-state index is 12.1. The highest BCUT2D eigenvalue weighted by molar-refractivity contribution is 6.37. The lowest BCUT2D eigenvalue weighted by Gasteiger charge is -2.28. The van der Waals surface area contributed by atoms with Gasteiger partial charge in [-0.1, -0.05) is 6.92 Å². The largest absolute Gasteiger partial charge is 0.459 e. The number of amides is 1. The quantitative estimate of drug-likeness (QED) is 0.739. The van der Waals surface area contributed by atoms with Crippen LogP contribution in [0.1, 0.15) is 54.9 Å². The van der Waals surface area contributed by atoms with E-state index >= 15 is 0 Å². The van der Waals surface area contributed by atoms with Crippen LogP contribution in [0, 0.1) is 5.92 Å². The summed E-state index contributed by atoms with van der Waals surface area (Å²) < 4.78 is 10.5. The van der Waals surface area contributed by atoms with E-state index in [-0.39, 0.29) is 24.6 Å². The van der Waals surface area contributed by atoms with Gasteiger partial charge in [-0.3, -0.25) is 9.59 Å². The van der Waals surface area contributed by atoms with Gasteiger partial charge in [0.15, 0.2) is 0 Å². The zero-order valence-corrected chi connectivity index (χ0v) is 14.9. The standard InChI is InChI=1S/C16H26N2O5/c1-10-8-11(14(21)23-16(5,6)7)17-18(13(10)20)9-12(19)22-15(2,3)4/h10H,8-9H2,1-7H3. The summed E-state index contributed by atoms with van der Waals surface area (Å²) in [6.45, 7) is 11.8. The number of carbonyl (C=O) groups excluding carboxylic acids is 3. The van der Waals surface area contributed by atoms with Gasteiger partial charge in [-0.25, -0.2) is 9.80 Å². The Hall–Kier alpha value is -1.92. The second kappa shape index (κ2) is 6.68. The molecule has 1 atom stereocenters. The van der Waals surface area contributed by atoms with Crippen molar-refractivity contribution in [2.75, 3.05) is 6.54 Å². The van der Waals surface area contributed by atoms with Crippen molar-refractivity contribution in [2.24, 2.45) is 11.0 Å². The maximum atomic E-state index is 12.1. The number of carbonyl (C=O) groups is 3. The van der Waals surface area contributed by atoms with Crippen molar-refractivity contribution in [2.45, 2.75) is 66.1 Å². The summed E-state index contributed by atoms with van der Waals surface area (Å²) in [6.07, 6.45) is 0.193. The van der Waals surface area contributed by atoms with Crippen molar-refractivity contribution in [3.63, 3.8) is 0 Å². The number of hydrogen-bond acceptors (Lipinski definition) is 6. The van der Waals surface area contributed by atoms with Crippen LogP contribution in [-0.4, -0.2) is 46.3 Å². The third-order valence-corrected chi connectivity index (χ3v) is 2.75. The molecule has 0 aromatic rings. The van der Waals surface area contributed by atoms with Crippen LogP contribution in [0.5, 0.6) is 0 Å². The fraction of sp³-hybridized carbons (Fsp3) is 0.750. The second-order valence-electron chi connectivity index (χ2n) is 7.64. The van der Waals surface area contributed by atoms with E-state index in [1.165, 1.54) is 0 Å². The van der Waals surface area contributed by atoms with Crippen LogP contribution in [0.15, 0.2) is 5.10 Å². The summed E-state index contributed by atoms with van der Waals surface area (Å²) in [5, 5.41) is 4.98. The molecule has 1 amide bonds. The van der Waals surface area contributed by atoms with Gasteiger partial charge in [-0.15, -0.1) is 0 Å². The van der Waals surface area contributed by atoms with Crippen molar-refractivity contribution in [3.8, 4) is 0 Å². The van der Waals surface area contributed by atoms with Crippen LogP contribution in [-0.2, 0) is 23.9 Å². The summed E-state index contributed by atoms with van der Waals surface area (Å²) in [4.78, 5) is 36.1. The molecule has 0 bridgehead atoms. The Labute approximate surface area is 137 Å². The maximum Gasteiger partial charge on any atom is 0.355 e. The predicted octanol–water partition coefficient (Wildman–Crippen LogP) is 1.89. The molecule has 0 aromatic carbocycles. The molecule has 0 saturated heterocycles. The monoisotopic (exact) mass is 326 g/mol. The molecule has 130 valence electrons. The molecule has 0 saturated carbocycles. The van der Waals surface area contributed by atoms with E-state index < -0.39 is 29.1 Å². The molecule has 0 fully saturated rings. The van der Waals surface area contributed by atoms with E-state index in [2.05, 4.69) is 5.10 Å². The van der Waals surface area contributed by atoms with Crippen LogP contribution in [0.25, 0.3) is 0 Å². The fourth-order valence-electron chi connectivity index (χ4n) is 1.94. The highest BCUT2D eigenvalue weighted by Gasteiger charge is 2.34. The lowest BCUT2D eigenvalue weighted by Crippen LogP contribution is -2.44. The van der Waals surface area contributed by atoms with Gasteiger partial charge >= 0.3 is 11.9 Å². The van der Waals surface area contributed by atoms with Gasteiger partial charge < -0.3 is 9.47 Å². The summed E-state index contributed by atoms with van der Waals surface area (Å²) in [5.41, 5.74) is -1.17. The Kier molecular flexibility index (Phi) is 5.56. The number of rotatable bonds is 3. The lowest BCUT2D eigenvalue weighted by atomic mass is 10.0. The lowest BCUT2D eigenvalue weighted by molar-refractivity contribution is -0.160. The number of nitrogens with zero attached hydrogens (tertiary/aromatic N) is 2. The first kappa shape index (κ1) is 19.1. The van der Waals surface area contributed by atoms with E-state index in [1.54, 1.807) is 48.5 Å².